The van der Waals surface area contributed by atoms with E-state index in [4.69, 9.17) is 14.2 Å². The first kappa shape index (κ1) is 18.6. The van der Waals surface area contributed by atoms with E-state index < -0.39 is 0 Å². The lowest BCUT2D eigenvalue weighted by Gasteiger charge is -2.15. The number of rotatable bonds is 8. The fourth-order valence-electron chi connectivity index (χ4n) is 2.26. The molecular weight excluding hydrogens is 318 g/mol. The Bertz CT molecular complexity index is 713. The van der Waals surface area contributed by atoms with Gasteiger partial charge in [-0.2, -0.15) is 0 Å². The van der Waals surface area contributed by atoms with Crippen LogP contribution in [-0.2, 0) is 0 Å². The first-order valence-electron chi connectivity index (χ1n) is 8.43. The lowest BCUT2D eigenvalue weighted by molar-refractivity contribution is 0.102. The van der Waals surface area contributed by atoms with Crippen molar-refractivity contribution in [3.63, 3.8) is 0 Å². The van der Waals surface area contributed by atoms with Gasteiger partial charge in [-0.25, -0.2) is 0 Å². The lowest BCUT2D eigenvalue weighted by atomic mass is 10.1. The Balaban J connectivity index is 2.18. The van der Waals surface area contributed by atoms with E-state index in [1.54, 1.807) is 25.3 Å². The molecule has 25 heavy (non-hydrogen) atoms. The van der Waals surface area contributed by atoms with E-state index in [0.717, 1.165) is 6.42 Å². The topological polar surface area (TPSA) is 56.8 Å². The average Bonchev–Trinajstić information content (AvgIpc) is 2.60. The van der Waals surface area contributed by atoms with Crippen LogP contribution in [-0.4, -0.2) is 25.7 Å². The highest BCUT2D eigenvalue weighted by atomic mass is 16.5. The van der Waals surface area contributed by atoms with Gasteiger partial charge in [0.15, 0.2) is 11.5 Å². The van der Waals surface area contributed by atoms with Crippen molar-refractivity contribution in [3.8, 4) is 17.2 Å². The number of ether oxygens (including phenoxy) is 3. The monoisotopic (exact) mass is 343 g/mol. The second-order valence-electron chi connectivity index (χ2n) is 5.83. The zero-order valence-electron chi connectivity index (χ0n) is 15.2. The van der Waals surface area contributed by atoms with Gasteiger partial charge in [-0.3, -0.25) is 4.79 Å². The maximum Gasteiger partial charge on any atom is 0.255 e. The van der Waals surface area contributed by atoms with Gasteiger partial charge in [-0.05, 0) is 50.6 Å². The van der Waals surface area contributed by atoms with Crippen LogP contribution in [0.4, 0.5) is 5.69 Å². The largest absolute Gasteiger partial charge is 0.493 e. The minimum Gasteiger partial charge on any atom is -0.493 e. The van der Waals surface area contributed by atoms with Crippen molar-refractivity contribution < 1.29 is 19.0 Å². The molecule has 2 rings (SSSR count). The zero-order valence-corrected chi connectivity index (χ0v) is 15.2. The van der Waals surface area contributed by atoms with Crippen LogP contribution in [0.1, 0.15) is 37.6 Å². The smallest absolute Gasteiger partial charge is 0.255 e. The Kier molecular flexibility index (Phi) is 6.69. The number of carbonyl (C=O) groups is 1. The summed E-state index contributed by atoms with van der Waals surface area (Å²) in [6, 6.07) is 12.5. The number of anilines is 1. The summed E-state index contributed by atoms with van der Waals surface area (Å²) < 4.78 is 16.7. The highest BCUT2D eigenvalue weighted by Gasteiger charge is 2.14. The van der Waals surface area contributed by atoms with E-state index >= 15 is 0 Å². The molecule has 5 nitrogen and oxygen atoms in total. The number of hydrogen-bond donors (Lipinski definition) is 1. The molecule has 0 heterocycles. The molecular formula is C20H25NO4. The van der Waals surface area contributed by atoms with Crippen molar-refractivity contribution in [2.45, 2.75) is 33.3 Å². The summed E-state index contributed by atoms with van der Waals surface area (Å²) in [5, 5.41) is 2.89. The van der Waals surface area contributed by atoms with E-state index in [1.807, 2.05) is 45.0 Å². The van der Waals surface area contributed by atoms with E-state index in [0.29, 0.717) is 35.1 Å². The van der Waals surface area contributed by atoms with Gasteiger partial charge < -0.3 is 19.5 Å². The molecule has 0 aliphatic rings. The molecule has 0 aliphatic carbocycles. The lowest BCUT2D eigenvalue weighted by Crippen LogP contribution is -2.14. The molecule has 5 heteroatoms. The molecule has 134 valence electrons. The minimum atomic E-state index is -0.234. The van der Waals surface area contributed by atoms with Crippen LogP contribution >= 0.6 is 0 Å². The molecule has 0 saturated heterocycles. The van der Waals surface area contributed by atoms with Crippen molar-refractivity contribution in [1.29, 1.82) is 0 Å². The molecule has 2 aromatic rings. The van der Waals surface area contributed by atoms with E-state index in [1.165, 1.54) is 0 Å². The fraction of sp³-hybridized carbons (Fsp3) is 0.350. The van der Waals surface area contributed by atoms with E-state index in [-0.39, 0.29) is 12.0 Å². The predicted octanol–water partition coefficient (Wildman–Crippen LogP) is 4.52. The van der Waals surface area contributed by atoms with Crippen LogP contribution in [0.15, 0.2) is 42.5 Å². The molecule has 0 spiro atoms. The summed E-state index contributed by atoms with van der Waals surface area (Å²) in [7, 11) is 1.55. The summed E-state index contributed by atoms with van der Waals surface area (Å²) in [5.41, 5.74) is 1.13. The molecule has 1 N–H and O–H groups in total. The molecule has 0 aromatic heterocycles. The third-order valence-corrected chi connectivity index (χ3v) is 3.39. The van der Waals surface area contributed by atoms with Crippen LogP contribution in [0.2, 0.25) is 0 Å². The van der Waals surface area contributed by atoms with Crippen molar-refractivity contribution >= 4 is 11.6 Å². The van der Waals surface area contributed by atoms with Gasteiger partial charge >= 0.3 is 0 Å². The second kappa shape index (κ2) is 8.97. The van der Waals surface area contributed by atoms with Crippen LogP contribution in [0.25, 0.3) is 0 Å². The molecule has 0 aliphatic heterocycles. The molecule has 2 aromatic carbocycles. The summed E-state index contributed by atoms with van der Waals surface area (Å²) in [6.45, 7) is 6.51. The highest BCUT2D eigenvalue weighted by molar-refractivity contribution is 6.05. The Hall–Kier alpha value is -2.69. The molecule has 0 bridgehead atoms. The standard InChI is InChI=1S/C20H25NO4/c1-5-12-24-17-9-7-6-8-16(17)21-20(22)15-10-11-18(25-14(2)3)19(13-15)23-4/h6-11,13-14H,5,12H2,1-4H3,(H,21,22). The Morgan fingerprint density at radius 2 is 1.84 bits per heavy atom. The van der Waals surface area contributed by atoms with Crippen molar-refractivity contribution in [2.24, 2.45) is 0 Å². The molecule has 0 fully saturated rings. The molecule has 0 saturated carbocycles. The average molecular weight is 343 g/mol. The first-order chi connectivity index (χ1) is 12.0. The maximum absolute atomic E-state index is 12.6. The van der Waals surface area contributed by atoms with Gasteiger partial charge in [0.1, 0.15) is 5.75 Å². The number of methoxy groups -OCH3 is 1. The number of nitrogens with one attached hydrogen (secondary N) is 1. The predicted molar refractivity (Wildman–Crippen MR) is 98.9 cm³/mol. The SMILES string of the molecule is CCCOc1ccccc1NC(=O)c1ccc(OC(C)C)c(OC)c1. The fourth-order valence-corrected chi connectivity index (χ4v) is 2.26. The van der Waals surface area contributed by atoms with Crippen LogP contribution in [0.3, 0.4) is 0 Å². The number of benzene rings is 2. The van der Waals surface area contributed by atoms with Gasteiger partial charge in [0.05, 0.1) is 25.5 Å². The second-order valence-corrected chi connectivity index (χ2v) is 5.83. The van der Waals surface area contributed by atoms with Crippen molar-refractivity contribution in [3.05, 3.63) is 48.0 Å². The summed E-state index contributed by atoms with van der Waals surface area (Å²) in [4.78, 5) is 12.6. The van der Waals surface area contributed by atoms with Gasteiger partial charge in [0, 0.05) is 5.56 Å². The van der Waals surface area contributed by atoms with Gasteiger partial charge in [-0.15, -0.1) is 0 Å². The van der Waals surface area contributed by atoms with Crippen molar-refractivity contribution in [1.82, 2.24) is 0 Å². The third-order valence-electron chi connectivity index (χ3n) is 3.39. The Labute approximate surface area is 148 Å². The number of para-hydroxylation sites is 2. The normalized spacial score (nSPS) is 10.4. The molecule has 0 atom stereocenters. The third kappa shape index (κ3) is 5.14. The Morgan fingerprint density at radius 3 is 2.52 bits per heavy atom. The molecule has 0 unspecified atom stereocenters. The van der Waals surface area contributed by atoms with Crippen LogP contribution in [0.5, 0.6) is 17.2 Å². The van der Waals surface area contributed by atoms with E-state index in [9.17, 15) is 4.79 Å². The summed E-state index contributed by atoms with van der Waals surface area (Å²) in [5.74, 6) is 1.56. The minimum absolute atomic E-state index is 0.0242. The zero-order chi connectivity index (χ0) is 18.2. The van der Waals surface area contributed by atoms with Gasteiger partial charge in [0.2, 0.25) is 0 Å². The summed E-state index contributed by atoms with van der Waals surface area (Å²) in [6.07, 6.45) is 0.924. The van der Waals surface area contributed by atoms with Crippen LogP contribution in [0, 0.1) is 0 Å². The first-order valence-corrected chi connectivity index (χ1v) is 8.43. The number of hydrogen-bond acceptors (Lipinski definition) is 4. The van der Waals surface area contributed by atoms with E-state index in [2.05, 4.69) is 5.32 Å². The van der Waals surface area contributed by atoms with Crippen LogP contribution < -0.4 is 19.5 Å². The number of amides is 1. The van der Waals surface area contributed by atoms with Gasteiger partial charge in [0.25, 0.3) is 5.91 Å². The molecule has 0 radical (unpaired) electrons. The quantitative estimate of drug-likeness (QED) is 0.765. The number of carbonyl (C=O) groups excluding carboxylic acids is 1. The van der Waals surface area contributed by atoms with Crippen molar-refractivity contribution in [2.75, 3.05) is 19.0 Å². The maximum atomic E-state index is 12.6. The highest BCUT2D eigenvalue weighted by Crippen LogP contribution is 2.30. The summed E-state index contributed by atoms with van der Waals surface area (Å²) >= 11 is 0. The van der Waals surface area contributed by atoms with Gasteiger partial charge in [-0.1, -0.05) is 19.1 Å². The Morgan fingerprint density at radius 1 is 1.08 bits per heavy atom. The molecule has 1 amide bonds.